The van der Waals surface area contributed by atoms with Crippen molar-refractivity contribution in [2.45, 2.75) is 51.3 Å². The van der Waals surface area contributed by atoms with Crippen LogP contribution in [0.2, 0.25) is 0 Å². The van der Waals surface area contributed by atoms with Crippen LogP contribution in [-0.2, 0) is 19.2 Å². The van der Waals surface area contributed by atoms with Gasteiger partial charge in [-0.2, -0.15) is 0 Å². The summed E-state index contributed by atoms with van der Waals surface area (Å²) in [5.41, 5.74) is 4.94. The Morgan fingerprint density at radius 1 is 1.32 bits per heavy atom. The lowest BCUT2D eigenvalue weighted by molar-refractivity contribution is -0.936. The van der Waals surface area contributed by atoms with Gasteiger partial charge in [0.1, 0.15) is 6.04 Å². The van der Waals surface area contributed by atoms with Crippen LogP contribution in [0.1, 0.15) is 33.6 Å². The van der Waals surface area contributed by atoms with Crippen molar-refractivity contribution in [1.29, 1.82) is 0 Å². The van der Waals surface area contributed by atoms with E-state index in [0.717, 1.165) is 25.9 Å². The number of carbonyl (C=O) groups excluding carboxylic acids is 3. The van der Waals surface area contributed by atoms with Gasteiger partial charge in [0.25, 0.3) is 5.91 Å². The first-order valence-electron chi connectivity index (χ1n) is 9.18. The Bertz CT molecular complexity index is 631. The Labute approximate surface area is 163 Å². The molecular formula is C18H29N3O7. The van der Waals surface area contributed by atoms with Crippen LogP contribution < -0.4 is 15.7 Å². The number of nitrogens with one attached hydrogen (secondary N) is 1. The largest absolute Gasteiger partial charge is 0.545 e. The Morgan fingerprint density at radius 3 is 2.29 bits per heavy atom. The summed E-state index contributed by atoms with van der Waals surface area (Å²) in [4.78, 5) is 45.8. The van der Waals surface area contributed by atoms with Gasteiger partial charge < -0.3 is 35.6 Å². The first kappa shape index (κ1) is 23.6. The Balaban J connectivity index is 0.000000416. The van der Waals surface area contributed by atoms with Crippen LogP contribution in [0.3, 0.4) is 0 Å². The molecule has 0 aromatic heterocycles. The molecule has 4 atom stereocenters. The van der Waals surface area contributed by atoms with Crippen LogP contribution in [0.25, 0.3) is 0 Å². The van der Waals surface area contributed by atoms with Crippen LogP contribution in [0.15, 0.2) is 12.2 Å². The second kappa shape index (κ2) is 9.65. The number of aliphatic hydroxyl groups excluding tert-OH is 1. The van der Waals surface area contributed by atoms with Gasteiger partial charge in [-0.3, -0.25) is 9.59 Å². The number of nitrogens with zero attached hydrogens (tertiary/aromatic N) is 1. The number of carboxylic acids is 2. The monoisotopic (exact) mass is 399 g/mol. The molecule has 2 rings (SSSR count). The van der Waals surface area contributed by atoms with E-state index < -0.39 is 30.0 Å². The lowest BCUT2D eigenvalue weighted by Crippen LogP contribution is -3.23. The Morgan fingerprint density at radius 2 is 1.93 bits per heavy atom. The highest BCUT2D eigenvalue weighted by molar-refractivity contribution is 5.96. The van der Waals surface area contributed by atoms with Gasteiger partial charge in [0.15, 0.2) is 5.54 Å². The smallest absolute Gasteiger partial charge is 0.328 e. The molecule has 2 aliphatic rings. The molecule has 2 saturated heterocycles. The quantitative estimate of drug-likeness (QED) is 0.255. The number of hydrogen-bond acceptors (Lipinski definition) is 6. The number of rotatable bonds is 7. The van der Waals surface area contributed by atoms with Gasteiger partial charge >= 0.3 is 5.97 Å². The van der Waals surface area contributed by atoms with Gasteiger partial charge in [-0.15, -0.1) is 0 Å². The Kier molecular flexibility index (Phi) is 8.13. The topological polar surface area (TPSA) is 165 Å². The molecular weight excluding hydrogens is 370 g/mol. The van der Waals surface area contributed by atoms with Gasteiger partial charge in [0.05, 0.1) is 31.7 Å². The molecule has 158 valence electrons. The maximum atomic E-state index is 12.6. The van der Waals surface area contributed by atoms with Crippen molar-refractivity contribution in [2.75, 3.05) is 19.6 Å². The van der Waals surface area contributed by atoms with Crippen molar-refractivity contribution >= 4 is 23.8 Å². The molecule has 1 unspecified atom stereocenters. The summed E-state index contributed by atoms with van der Waals surface area (Å²) in [5, 5.41) is 26.9. The zero-order valence-corrected chi connectivity index (χ0v) is 16.4. The Hall–Kier alpha value is -2.46. The molecule has 2 amide bonds. The zero-order valence-electron chi connectivity index (χ0n) is 16.4. The fourth-order valence-electron chi connectivity index (χ4n) is 3.89. The molecule has 0 bridgehead atoms. The van der Waals surface area contributed by atoms with Gasteiger partial charge in [0.2, 0.25) is 5.91 Å². The van der Waals surface area contributed by atoms with Gasteiger partial charge in [-0.1, -0.05) is 13.8 Å². The van der Waals surface area contributed by atoms with Crippen molar-refractivity contribution in [1.82, 2.24) is 4.90 Å². The molecule has 28 heavy (non-hydrogen) atoms. The van der Waals surface area contributed by atoms with Crippen LogP contribution >= 0.6 is 0 Å². The molecule has 2 aliphatic heterocycles. The summed E-state index contributed by atoms with van der Waals surface area (Å²) in [6.45, 7) is 8.32. The van der Waals surface area contributed by atoms with Crippen molar-refractivity contribution < 1.29 is 39.4 Å². The van der Waals surface area contributed by atoms with Gasteiger partial charge in [-0.05, 0) is 13.0 Å². The second-order valence-electron chi connectivity index (χ2n) is 7.65. The van der Waals surface area contributed by atoms with Crippen molar-refractivity contribution in [3.05, 3.63) is 12.2 Å². The van der Waals surface area contributed by atoms with E-state index in [4.69, 9.17) is 10.8 Å². The van der Waals surface area contributed by atoms with E-state index in [2.05, 4.69) is 13.8 Å². The van der Waals surface area contributed by atoms with E-state index in [1.807, 2.05) is 0 Å². The predicted molar refractivity (Wildman–Crippen MR) is 95.7 cm³/mol. The second-order valence-corrected chi connectivity index (χ2v) is 7.65. The first-order valence-corrected chi connectivity index (χ1v) is 9.18. The van der Waals surface area contributed by atoms with E-state index in [9.17, 15) is 29.4 Å². The summed E-state index contributed by atoms with van der Waals surface area (Å²) in [6, 6.07) is -0.894. The molecule has 0 aromatic rings. The summed E-state index contributed by atoms with van der Waals surface area (Å²) in [6.07, 6.45) is 1.92. The normalized spacial score (nSPS) is 26.0. The SMILES string of the molecule is CC(C)C[NH+]1CCC[C@]12CN([C@H](C(N)=O)[C@@H](C)O)C2=O.O=C([O-])/C=C\C(=O)O. The average molecular weight is 399 g/mol. The van der Waals surface area contributed by atoms with Crippen molar-refractivity contribution in [3.63, 3.8) is 0 Å². The number of carbonyl (C=O) groups is 4. The fourth-order valence-corrected chi connectivity index (χ4v) is 3.89. The van der Waals surface area contributed by atoms with E-state index in [-0.39, 0.29) is 11.4 Å². The maximum Gasteiger partial charge on any atom is 0.328 e. The molecule has 5 N–H and O–H groups in total. The lowest BCUT2D eigenvalue weighted by Gasteiger charge is -2.51. The van der Waals surface area contributed by atoms with Gasteiger partial charge in [-0.25, -0.2) is 4.79 Å². The number of aliphatic carboxylic acids is 2. The standard InChI is InChI=1S/C14H25N3O3.C4H4O4/c1-9(2)7-16-6-4-5-14(16)8-17(13(14)20)11(10(3)18)12(15)19;5-3(6)1-2-4(7)8/h9-11,18H,4-8H2,1-3H3,(H2,15,19);1-2H,(H,5,6)(H,7,8)/b;2-1-/t10-,11+,14-;/m1./s1. The minimum atomic E-state index is -1.51. The molecule has 0 radical (unpaired) electrons. The molecule has 0 saturated carbocycles. The molecule has 10 heteroatoms. The summed E-state index contributed by atoms with van der Waals surface area (Å²) >= 11 is 0. The highest BCUT2D eigenvalue weighted by Crippen LogP contribution is 2.30. The number of β-lactam (4-membered cyclic amide) rings is 1. The van der Waals surface area contributed by atoms with Crippen LogP contribution in [0, 0.1) is 5.92 Å². The average Bonchev–Trinajstić information content (AvgIpc) is 2.97. The van der Waals surface area contributed by atoms with Crippen molar-refractivity contribution in [2.24, 2.45) is 11.7 Å². The summed E-state index contributed by atoms with van der Waals surface area (Å²) in [5.74, 6) is -2.92. The predicted octanol–water partition coefficient (Wildman–Crippen LogP) is -3.49. The zero-order chi connectivity index (χ0) is 21.6. The number of primary amides is 1. The van der Waals surface area contributed by atoms with Gasteiger partial charge in [0, 0.05) is 24.8 Å². The third-order valence-electron chi connectivity index (χ3n) is 4.97. The summed E-state index contributed by atoms with van der Waals surface area (Å²) < 4.78 is 0. The van der Waals surface area contributed by atoms with E-state index >= 15 is 0 Å². The van der Waals surface area contributed by atoms with E-state index in [1.54, 1.807) is 0 Å². The van der Waals surface area contributed by atoms with Crippen LogP contribution in [-0.4, -0.2) is 76.2 Å². The van der Waals surface area contributed by atoms with Crippen molar-refractivity contribution in [3.8, 4) is 0 Å². The highest BCUT2D eigenvalue weighted by atomic mass is 16.4. The third-order valence-corrected chi connectivity index (χ3v) is 4.97. The fraction of sp³-hybridized carbons (Fsp3) is 0.667. The van der Waals surface area contributed by atoms with E-state index in [1.165, 1.54) is 16.7 Å². The lowest BCUT2D eigenvalue weighted by atomic mass is 9.83. The third kappa shape index (κ3) is 5.52. The summed E-state index contributed by atoms with van der Waals surface area (Å²) in [7, 11) is 0. The molecule has 1 spiro atoms. The first-order chi connectivity index (χ1) is 12.9. The molecule has 10 nitrogen and oxygen atoms in total. The molecule has 0 aromatic carbocycles. The number of quaternary nitrogens is 1. The number of hydrogen-bond donors (Lipinski definition) is 4. The number of carboxylic acid groups (broad SMARTS) is 2. The minimum Gasteiger partial charge on any atom is -0.545 e. The number of likely N-dealkylation sites (tertiary alicyclic amines) is 2. The number of nitrogens with two attached hydrogens (primary N) is 1. The number of aliphatic hydroxyl groups is 1. The molecule has 2 heterocycles. The number of amides is 2. The maximum absolute atomic E-state index is 12.6. The van der Waals surface area contributed by atoms with Crippen LogP contribution in [0.4, 0.5) is 0 Å². The van der Waals surface area contributed by atoms with E-state index in [0.29, 0.717) is 24.6 Å². The van der Waals surface area contributed by atoms with Crippen LogP contribution in [0.5, 0.6) is 0 Å². The molecule has 0 aliphatic carbocycles. The molecule has 2 fully saturated rings. The highest BCUT2D eigenvalue weighted by Gasteiger charge is 2.64. The minimum absolute atomic E-state index is 0.0182.